The molecule has 0 saturated heterocycles. The van der Waals surface area contributed by atoms with Gasteiger partial charge in [0, 0.05) is 25.2 Å². The van der Waals surface area contributed by atoms with Crippen molar-refractivity contribution < 1.29 is 33.8 Å². The Morgan fingerprint density at radius 2 is 1.75 bits per heavy atom. The number of ketones is 1. The van der Waals surface area contributed by atoms with E-state index in [0.29, 0.717) is 0 Å². The largest absolute Gasteiger partial charge is 0.550 e. The zero-order valence-corrected chi connectivity index (χ0v) is 12.5. The maximum Gasteiger partial charge on any atom is 0.305 e. The van der Waals surface area contributed by atoms with Crippen LogP contribution < -0.4 is 5.11 Å². The molecule has 116 valence electrons. The second-order valence-corrected chi connectivity index (χ2v) is 5.88. The van der Waals surface area contributed by atoms with Crippen LogP contribution in [0.1, 0.15) is 25.7 Å². The first kappa shape index (κ1) is 18.5. The number of rotatable bonds is 9. The second-order valence-electron chi connectivity index (χ2n) is 5.88. The average Bonchev–Trinajstić information content (AvgIpc) is 2.24. The van der Waals surface area contributed by atoms with Crippen molar-refractivity contribution in [1.29, 1.82) is 0 Å². The molecule has 0 aromatic carbocycles. The predicted molar refractivity (Wildman–Crippen MR) is 68.3 cm³/mol. The Morgan fingerprint density at radius 3 is 2.15 bits per heavy atom. The summed E-state index contributed by atoms with van der Waals surface area (Å²) in [6, 6.07) is 0. The number of aliphatic carboxylic acids is 1. The summed E-state index contributed by atoms with van der Waals surface area (Å²) in [4.78, 5) is 33.7. The van der Waals surface area contributed by atoms with E-state index in [2.05, 4.69) is 4.74 Å². The zero-order chi connectivity index (χ0) is 16.0. The summed E-state index contributed by atoms with van der Waals surface area (Å²) in [6.07, 6.45) is -0.579. The normalized spacial score (nSPS) is 14.4. The van der Waals surface area contributed by atoms with Gasteiger partial charge in [-0.15, -0.1) is 0 Å². The van der Waals surface area contributed by atoms with E-state index in [0.717, 1.165) is 0 Å². The zero-order valence-electron chi connectivity index (χ0n) is 12.5. The minimum Gasteiger partial charge on any atom is -0.550 e. The number of carboxylic acid groups (broad SMARTS) is 1. The van der Waals surface area contributed by atoms with Crippen LogP contribution in [0, 0.1) is 0 Å². The number of hydrogen-bond donors (Lipinski definition) is 1. The molecule has 0 aliphatic carbocycles. The highest BCUT2D eigenvalue weighted by molar-refractivity contribution is 5.90. The van der Waals surface area contributed by atoms with E-state index in [1.54, 1.807) is 21.1 Å². The van der Waals surface area contributed by atoms with E-state index < -0.39 is 29.7 Å². The summed E-state index contributed by atoms with van der Waals surface area (Å²) >= 11 is 0. The van der Waals surface area contributed by atoms with Crippen LogP contribution in [0.15, 0.2) is 0 Å². The van der Waals surface area contributed by atoms with Crippen molar-refractivity contribution in [2.75, 3.05) is 34.8 Å². The van der Waals surface area contributed by atoms with Crippen LogP contribution in [0.2, 0.25) is 0 Å². The highest BCUT2D eigenvalue weighted by Crippen LogP contribution is 2.19. The van der Waals surface area contributed by atoms with Crippen molar-refractivity contribution in [2.24, 2.45) is 0 Å². The Kier molecular flexibility index (Phi) is 6.81. The van der Waals surface area contributed by atoms with Crippen LogP contribution in [0.3, 0.4) is 0 Å². The number of nitrogens with zero attached hydrogens (tertiary/aromatic N) is 1. The fourth-order valence-corrected chi connectivity index (χ4v) is 1.99. The number of aliphatic hydroxyl groups is 1. The lowest BCUT2D eigenvalue weighted by Gasteiger charge is -2.34. The summed E-state index contributed by atoms with van der Waals surface area (Å²) in [5.74, 6) is -2.53. The number of Topliss-reactive ketones (excluding diaryl/α,β-unsaturated/α-hetero) is 1. The van der Waals surface area contributed by atoms with Crippen molar-refractivity contribution in [3.05, 3.63) is 0 Å². The summed E-state index contributed by atoms with van der Waals surface area (Å²) in [5, 5.41) is 21.0. The molecule has 20 heavy (non-hydrogen) atoms. The molecule has 1 atom stereocenters. The quantitative estimate of drug-likeness (QED) is 0.408. The lowest BCUT2D eigenvalue weighted by atomic mass is 9.90. The summed E-state index contributed by atoms with van der Waals surface area (Å²) in [6.45, 7) is -0.0436. The van der Waals surface area contributed by atoms with Crippen LogP contribution in [0.5, 0.6) is 0 Å². The Morgan fingerprint density at radius 1 is 1.20 bits per heavy atom. The van der Waals surface area contributed by atoms with Crippen LogP contribution in [0.4, 0.5) is 0 Å². The van der Waals surface area contributed by atoms with Gasteiger partial charge in [0.1, 0.15) is 6.54 Å². The van der Waals surface area contributed by atoms with E-state index in [1.165, 1.54) is 7.11 Å². The average molecular weight is 289 g/mol. The third-order valence-corrected chi connectivity index (χ3v) is 2.70. The van der Waals surface area contributed by atoms with E-state index >= 15 is 0 Å². The van der Waals surface area contributed by atoms with Crippen LogP contribution in [0.25, 0.3) is 0 Å². The first-order chi connectivity index (χ1) is 9.00. The number of carbonyl (C=O) groups is 3. The van der Waals surface area contributed by atoms with Crippen molar-refractivity contribution in [3.63, 3.8) is 0 Å². The van der Waals surface area contributed by atoms with Gasteiger partial charge in [0.25, 0.3) is 0 Å². The number of methoxy groups -OCH3 is 1. The van der Waals surface area contributed by atoms with Gasteiger partial charge in [-0.1, -0.05) is 0 Å². The van der Waals surface area contributed by atoms with Gasteiger partial charge in [0.15, 0.2) is 11.4 Å². The number of hydrogen-bond acceptors (Lipinski definition) is 6. The molecular weight excluding hydrogens is 266 g/mol. The highest BCUT2D eigenvalue weighted by atomic mass is 16.5. The van der Waals surface area contributed by atoms with Crippen LogP contribution in [-0.2, 0) is 19.1 Å². The van der Waals surface area contributed by atoms with Gasteiger partial charge in [-0.05, 0) is 6.42 Å². The van der Waals surface area contributed by atoms with Crippen LogP contribution >= 0.6 is 0 Å². The number of carboxylic acids is 1. The maximum absolute atomic E-state index is 12.0. The molecule has 0 aliphatic rings. The van der Waals surface area contributed by atoms with E-state index in [1.807, 2.05) is 0 Å². The molecule has 7 heteroatoms. The van der Waals surface area contributed by atoms with Crippen molar-refractivity contribution in [2.45, 2.75) is 31.3 Å². The molecule has 0 aromatic heterocycles. The van der Waals surface area contributed by atoms with Gasteiger partial charge in [-0.25, -0.2) is 0 Å². The van der Waals surface area contributed by atoms with Gasteiger partial charge in [-0.3, -0.25) is 9.59 Å². The molecule has 0 radical (unpaired) electrons. The number of ether oxygens (including phenoxy) is 1. The minimum atomic E-state index is -1.98. The van der Waals surface area contributed by atoms with Crippen LogP contribution in [-0.4, -0.2) is 67.7 Å². The summed E-state index contributed by atoms with van der Waals surface area (Å²) in [5.41, 5.74) is -1.98. The Bertz CT molecular complexity index is 374. The Balaban J connectivity index is 4.72. The molecule has 0 amide bonds. The third-order valence-electron chi connectivity index (χ3n) is 2.70. The lowest BCUT2D eigenvalue weighted by Crippen LogP contribution is -2.56. The molecule has 7 nitrogen and oxygen atoms in total. The van der Waals surface area contributed by atoms with Crippen molar-refractivity contribution in [3.8, 4) is 0 Å². The summed E-state index contributed by atoms with van der Waals surface area (Å²) in [7, 11) is 6.46. The highest BCUT2D eigenvalue weighted by Gasteiger charge is 2.40. The molecule has 1 unspecified atom stereocenters. The first-order valence-corrected chi connectivity index (χ1v) is 6.33. The number of carbonyl (C=O) groups excluding carboxylic acids is 3. The van der Waals surface area contributed by atoms with Gasteiger partial charge in [-0.2, -0.15) is 0 Å². The molecule has 0 heterocycles. The molecule has 1 N–H and O–H groups in total. The second kappa shape index (κ2) is 7.35. The molecule has 0 rings (SSSR count). The number of likely N-dealkylation sites (N-methyl/N-ethyl adjacent to an activating group) is 1. The van der Waals surface area contributed by atoms with Crippen molar-refractivity contribution in [1.82, 2.24) is 0 Å². The number of quaternary nitrogens is 1. The molecule has 0 saturated carbocycles. The molecule has 0 spiro atoms. The Hall–Kier alpha value is -1.47. The van der Waals surface area contributed by atoms with E-state index in [9.17, 15) is 24.6 Å². The third kappa shape index (κ3) is 7.20. The topological polar surface area (TPSA) is 104 Å². The predicted octanol–water partition coefficient (Wildman–Crippen LogP) is -1.52. The maximum atomic E-state index is 12.0. The minimum absolute atomic E-state index is 0.0436. The fourth-order valence-electron chi connectivity index (χ4n) is 1.99. The smallest absolute Gasteiger partial charge is 0.305 e. The molecule has 0 fully saturated rings. The van der Waals surface area contributed by atoms with E-state index in [4.69, 9.17) is 0 Å². The van der Waals surface area contributed by atoms with E-state index in [-0.39, 0.29) is 30.3 Å². The molecule has 0 aliphatic heterocycles. The van der Waals surface area contributed by atoms with Gasteiger partial charge in [0.05, 0.1) is 28.3 Å². The SMILES string of the molecule is COC(=O)CCCC(=O)C(O)(CC(=O)[O-])C[N+](C)(C)C. The first-order valence-electron chi connectivity index (χ1n) is 6.33. The van der Waals surface area contributed by atoms with Gasteiger partial charge >= 0.3 is 5.97 Å². The fraction of sp³-hybridized carbons (Fsp3) is 0.769. The molecule has 0 aromatic rings. The molecular formula is C13H23NO6. The monoisotopic (exact) mass is 289 g/mol. The summed E-state index contributed by atoms with van der Waals surface area (Å²) < 4.78 is 4.67. The van der Waals surface area contributed by atoms with Gasteiger partial charge in [0.2, 0.25) is 0 Å². The molecule has 0 bridgehead atoms. The lowest BCUT2D eigenvalue weighted by molar-refractivity contribution is -0.875. The van der Waals surface area contributed by atoms with Crippen molar-refractivity contribution >= 4 is 17.7 Å². The Labute approximate surface area is 118 Å². The number of esters is 1. The van der Waals surface area contributed by atoms with Gasteiger partial charge < -0.3 is 24.2 Å². The standard InChI is InChI=1S/C13H23NO6/c1-14(2,3)9-13(19,8-11(16)17)10(15)6-5-7-12(18)20-4/h19H,5-9H2,1-4H3.